The molecule has 0 fully saturated rings. The highest BCUT2D eigenvalue weighted by Gasteiger charge is 2.23. The van der Waals surface area contributed by atoms with Gasteiger partial charge in [0.05, 0.1) is 11.1 Å². The van der Waals surface area contributed by atoms with Gasteiger partial charge in [-0.3, -0.25) is 4.79 Å². The zero-order chi connectivity index (χ0) is 36.9. The third-order valence-corrected chi connectivity index (χ3v) is 9.04. The fraction of sp³-hybridized carbons (Fsp3) is 0.152. The minimum Gasteiger partial charge on any atom is -0.457 e. The van der Waals surface area contributed by atoms with Crippen LogP contribution in [0.15, 0.2) is 140 Å². The molecule has 0 aliphatic carbocycles. The molecule has 0 heterocycles. The van der Waals surface area contributed by atoms with E-state index in [4.69, 9.17) is 19.5 Å². The summed E-state index contributed by atoms with van der Waals surface area (Å²) in [5.74, 6) is 3.77. The van der Waals surface area contributed by atoms with E-state index in [-0.39, 0.29) is 22.2 Å². The molecule has 6 heteroatoms. The number of carbonyl (C=O) groups is 1. The number of nitriles is 2. The smallest absolute Gasteiger partial charge is 0.193 e. The molecule has 6 rings (SSSR count). The van der Waals surface area contributed by atoms with Gasteiger partial charge in [0, 0.05) is 16.5 Å². The van der Waals surface area contributed by atoms with Crippen molar-refractivity contribution in [3.8, 4) is 46.6 Å². The van der Waals surface area contributed by atoms with E-state index >= 15 is 0 Å². The fourth-order valence-electron chi connectivity index (χ4n) is 5.77. The van der Waals surface area contributed by atoms with Crippen molar-refractivity contribution in [3.63, 3.8) is 0 Å². The molecule has 0 aliphatic heterocycles. The Hall–Kier alpha value is -6.63. The highest BCUT2D eigenvalue weighted by Crippen LogP contribution is 2.35. The summed E-state index contributed by atoms with van der Waals surface area (Å²) in [6.07, 6.45) is 0. The van der Waals surface area contributed by atoms with E-state index in [9.17, 15) is 10.1 Å². The van der Waals surface area contributed by atoms with Crippen LogP contribution in [0, 0.1) is 22.7 Å². The summed E-state index contributed by atoms with van der Waals surface area (Å²) < 4.78 is 18.0. The lowest BCUT2D eigenvalue weighted by Gasteiger charge is -2.26. The Balaban J connectivity index is 1.05. The maximum Gasteiger partial charge on any atom is 0.193 e. The lowest BCUT2D eigenvalue weighted by molar-refractivity contribution is 0.103. The van der Waals surface area contributed by atoms with Crippen molar-refractivity contribution in [3.05, 3.63) is 178 Å². The summed E-state index contributed by atoms with van der Waals surface area (Å²) in [4.78, 5) is 13.2. The van der Waals surface area contributed by atoms with Gasteiger partial charge in [-0.15, -0.1) is 0 Å². The van der Waals surface area contributed by atoms with Gasteiger partial charge >= 0.3 is 0 Å². The molecule has 0 N–H and O–H groups in total. The number of ether oxygens (including phenoxy) is 3. The van der Waals surface area contributed by atoms with Crippen molar-refractivity contribution >= 4 is 5.78 Å². The third kappa shape index (κ3) is 8.05. The topological polar surface area (TPSA) is 92.3 Å². The van der Waals surface area contributed by atoms with E-state index in [2.05, 4.69) is 46.8 Å². The summed E-state index contributed by atoms with van der Waals surface area (Å²) in [5, 5.41) is 18.5. The second-order valence-electron chi connectivity index (χ2n) is 14.1. The number of rotatable bonds is 10. The van der Waals surface area contributed by atoms with E-state index in [1.807, 2.05) is 84.9 Å². The number of nitrogens with zero attached hydrogens (tertiary/aromatic N) is 2. The van der Waals surface area contributed by atoms with Gasteiger partial charge in [-0.2, -0.15) is 10.5 Å². The van der Waals surface area contributed by atoms with E-state index in [1.165, 1.54) is 5.56 Å². The monoisotopic (exact) mass is 682 g/mol. The first-order chi connectivity index (χ1) is 24.9. The van der Waals surface area contributed by atoms with Crippen LogP contribution in [0.25, 0.3) is 0 Å². The van der Waals surface area contributed by atoms with Crippen LogP contribution in [0.4, 0.5) is 0 Å². The predicted octanol–water partition coefficient (Wildman–Crippen LogP) is 11.7. The Kier molecular flexibility index (Phi) is 9.95. The molecule has 0 atom stereocenters. The van der Waals surface area contributed by atoms with E-state index in [0.717, 1.165) is 16.9 Å². The average Bonchev–Trinajstić information content (AvgIpc) is 3.15. The minimum atomic E-state index is -0.302. The van der Waals surface area contributed by atoms with Gasteiger partial charge in [-0.05, 0) is 125 Å². The number of hydrogen-bond donors (Lipinski definition) is 0. The highest BCUT2D eigenvalue weighted by atomic mass is 16.5. The van der Waals surface area contributed by atoms with Crippen molar-refractivity contribution in [2.24, 2.45) is 0 Å². The molecule has 0 aliphatic rings. The third-order valence-electron chi connectivity index (χ3n) is 9.04. The first-order valence-corrected chi connectivity index (χ1v) is 17.0. The number of benzene rings is 6. The first kappa shape index (κ1) is 35.2. The van der Waals surface area contributed by atoms with E-state index in [0.29, 0.717) is 45.4 Å². The Labute approximate surface area is 305 Å². The van der Waals surface area contributed by atoms with Gasteiger partial charge in [0.1, 0.15) is 46.6 Å². The van der Waals surface area contributed by atoms with Gasteiger partial charge in [-0.25, -0.2) is 0 Å². The molecule has 0 bridgehead atoms. The molecule has 0 unspecified atom stereocenters. The van der Waals surface area contributed by atoms with Crippen LogP contribution in [0.3, 0.4) is 0 Å². The zero-order valence-corrected chi connectivity index (χ0v) is 29.8. The van der Waals surface area contributed by atoms with Gasteiger partial charge in [0.2, 0.25) is 0 Å². The van der Waals surface area contributed by atoms with Crippen LogP contribution in [0.5, 0.6) is 34.5 Å². The first-order valence-electron chi connectivity index (χ1n) is 17.0. The van der Waals surface area contributed by atoms with E-state index in [1.54, 1.807) is 54.6 Å². The van der Waals surface area contributed by atoms with Crippen LogP contribution in [0.2, 0.25) is 0 Å². The molecule has 0 aromatic heterocycles. The van der Waals surface area contributed by atoms with Crippen LogP contribution in [0.1, 0.15) is 78.4 Å². The Morgan fingerprint density at radius 3 is 1.13 bits per heavy atom. The molecular weight excluding hydrogens is 645 g/mol. The fourth-order valence-corrected chi connectivity index (χ4v) is 5.77. The summed E-state index contributed by atoms with van der Waals surface area (Å²) in [6.45, 7) is 10.8. The van der Waals surface area contributed by atoms with Crippen molar-refractivity contribution in [1.82, 2.24) is 0 Å². The van der Waals surface area contributed by atoms with Crippen LogP contribution < -0.4 is 14.2 Å². The van der Waals surface area contributed by atoms with Crippen molar-refractivity contribution in [2.45, 2.75) is 45.4 Å². The molecule has 52 heavy (non-hydrogen) atoms. The molecule has 6 aromatic rings. The molecule has 0 spiro atoms. The SMILES string of the molecule is CC(C)(C)c1ccc(Oc2ccc(C(=O)c3ccc(Oc4ccc(C(C)(C)c5ccc(Oc6ccc(C#N)c(C#N)c6)cc5)cc4)cc3)cc2)cc1. The number of ketones is 1. The molecule has 0 saturated carbocycles. The zero-order valence-electron chi connectivity index (χ0n) is 29.8. The van der Waals surface area contributed by atoms with Crippen molar-refractivity contribution in [2.75, 3.05) is 0 Å². The van der Waals surface area contributed by atoms with Crippen molar-refractivity contribution < 1.29 is 19.0 Å². The second kappa shape index (κ2) is 14.7. The second-order valence-corrected chi connectivity index (χ2v) is 14.1. The standard InChI is InChI=1S/C46H38N2O4/c1-45(2,3)35-11-22-40(23-12-35)50-38-17-6-31(7-18-38)44(49)32-8-19-39(20-9-32)51-41-24-13-36(14-25-41)46(4,5)37-15-26-42(27-16-37)52-43-21-10-33(29-47)34(28-43)30-48/h6-28H,1-5H3. The molecular formula is C46H38N2O4. The molecule has 256 valence electrons. The molecule has 0 amide bonds. The van der Waals surface area contributed by atoms with Crippen LogP contribution in [-0.2, 0) is 10.8 Å². The molecule has 0 radical (unpaired) electrons. The van der Waals surface area contributed by atoms with Crippen LogP contribution >= 0.6 is 0 Å². The normalized spacial score (nSPS) is 11.2. The Morgan fingerprint density at radius 1 is 0.442 bits per heavy atom. The minimum absolute atomic E-state index is 0.0744. The maximum absolute atomic E-state index is 13.2. The average molecular weight is 683 g/mol. The van der Waals surface area contributed by atoms with Gasteiger partial charge < -0.3 is 14.2 Å². The summed E-state index contributed by atoms with van der Waals surface area (Å²) >= 11 is 0. The molecule has 0 saturated heterocycles. The van der Waals surface area contributed by atoms with Crippen molar-refractivity contribution in [1.29, 1.82) is 10.5 Å². The Morgan fingerprint density at radius 2 is 0.769 bits per heavy atom. The van der Waals surface area contributed by atoms with Gasteiger partial charge in [0.15, 0.2) is 5.78 Å². The van der Waals surface area contributed by atoms with Gasteiger partial charge in [-0.1, -0.05) is 71.0 Å². The lowest BCUT2D eigenvalue weighted by atomic mass is 9.78. The van der Waals surface area contributed by atoms with Crippen LogP contribution in [-0.4, -0.2) is 5.78 Å². The summed E-state index contributed by atoms with van der Waals surface area (Å²) in [6, 6.07) is 47.1. The quantitative estimate of drug-likeness (QED) is 0.134. The lowest BCUT2D eigenvalue weighted by Crippen LogP contribution is -2.18. The predicted molar refractivity (Wildman–Crippen MR) is 203 cm³/mol. The molecule has 6 nitrogen and oxygen atoms in total. The maximum atomic E-state index is 13.2. The highest BCUT2D eigenvalue weighted by molar-refractivity contribution is 6.09. The number of hydrogen-bond acceptors (Lipinski definition) is 6. The Bertz CT molecular complexity index is 2270. The van der Waals surface area contributed by atoms with Gasteiger partial charge in [0.25, 0.3) is 0 Å². The molecule has 6 aromatic carbocycles. The summed E-state index contributed by atoms with van der Waals surface area (Å²) in [7, 11) is 0. The summed E-state index contributed by atoms with van der Waals surface area (Å²) in [5.41, 5.74) is 4.95. The largest absolute Gasteiger partial charge is 0.457 e. The number of carbonyl (C=O) groups excluding carboxylic acids is 1. The van der Waals surface area contributed by atoms with E-state index < -0.39 is 0 Å².